The standard InChI is InChI=1S/C25H26F4N2O2/c1-2-3-16-31(24(33)15-10-19-8-13-22(26)14-9-19)17-4-5-23(32)30-18-20-6-11-21(12-7-20)25(27,28)29/h2-3,6-9,11-14,16H,1,4-5,10,15,17-18H2,(H,30,32)/b16-3-. The monoisotopic (exact) mass is 462 g/mol. The third-order valence-electron chi connectivity index (χ3n) is 4.84. The number of aryl methyl sites for hydroxylation is 1. The Labute approximate surface area is 190 Å². The number of rotatable bonds is 11. The number of allylic oxidation sites excluding steroid dienone is 2. The lowest BCUT2D eigenvalue weighted by molar-refractivity contribution is -0.137. The number of hydrogen-bond donors (Lipinski definition) is 1. The zero-order valence-corrected chi connectivity index (χ0v) is 18.1. The van der Waals surface area contributed by atoms with Crippen molar-refractivity contribution < 1.29 is 27.2 Å². The van der Waals surface area contributed by atoms with Crippen LogP contribution in [0.15, 0.2) is 73.5 Å². The number of nitrogens with one attached hydrogen (secondary N) is 1. The number of carbonyl (C=O) groups is 2. The minimum Gasteiger partial charge on any atom is -0.352 e. The molecule has 0 aliphatic rings. The van der Waals surface area contributed by atoms with Crippen LogP contribution in [0.25, 0.3) is 0 Å². The van der Waals surface area contributed by atoms with Crippen molar-refractivity contribution in [2.75, 3.05) is 6.54 Å². The molecule has 4 nitrogen and oxygen atoms in total. The van der Waals surface area contributed by atoms with Crippen molar-refractivity contribution in [3.8, 4) is 0 Å². The van der Waals surface area contributed by atoms with Crippen molar-refractivity contribution in [3.05, 3.63) is 96.0 Å². The molecule has 0 aliphatic carbocycles. The molecule has 2 aromatic carbocycles. The largest absolute Gasteiger partial charge is 0.416 e. The van der Waals surface area contributed by atoms with E-state index in [1.807, 2.05) is 0 Å². The molecule has 2 rings (SSSR count). The molecule has 2 amide bonds. The van der Waals surface area contributed by atoms with E-state index in [1.54, 1.807) is 24.4 Å². The maximum Gasteiger partial charge on any atom is 0.416 e. The molecule has 176 valence electrons. The lowest BCUT2D eigenvalue weighted by Gasteiger charge is -2.18. The van der Waals surface area contributed by atoms with Gasteiger partial charge in [-0.2, -0.15) is 13.2 Å². The molecule has 0 saturated heterocycles. The predicted molar refractivity (Wildman–Crippen MR) is 118 cm³/mol. The number of carbonyl (C=O) groups excluding carboxylic acids is 2. The van der Waals surface area contributed by atoms with Gasteiger partial charge >= 0.3 is 6.18 Å². The SMILES string of the molecule is C=C/C=C\N(CCCC(=O)NCc1ccc(C(F)(F)F)cc1)C(=O)CCc1ccc(F)cc1. The van der Waals surface area contributed by atoms with Crippen molar-refractivity contribution in [2.24, 2.45) is 0 Å². The normalized spacial score (nSPS) is 11.4. The molecular weight excluding hydrogens is 436 g/mol. The van der Waals surface area contributed by atoms with E-state index >= 15 is 0 Å². The Morgan fingerprint density at radius 1 is 0.970 bits per heavy atom. The molecule has 33 heavy (non-hydrogen) atoms. The van der Waals surface area contributed by atoms with Gasteiger partial charge in [0.25, 0.3) is 0 Å². The summed E-state index contributed by atoms with van der Waals surface area (Å²) in [4.78, 5) is 26.2. The van der Waals surface area contributed by atoms with Crippen LogP contribution in [0.4, 0.5) is 17.6 Å². The van der Waals surface area contributed by atoms with Crippen LogP contribution >= 0.6 is 0 Å². The van der Waals surface area contributed by atoms with Crippen LogP contribution in [-0.4, -0.2) is 23.3 Å². The molecule has 0 fully saturated rings. The van der Waals surface area contributed by atoms with E-state index in [0.29, 0.717) is 24.9 Å². The number of amides is 2. The first kappa shape index (κ1) is 25.8. The minimum absolute atomic E-state index is 0.119. The number of hydrogen-bond acceptors (Lipinski definition) is 2. The van der Waals surface area contributed by atoms with Crippen molar-refractivity contribution in [2.45, 2.75) is 38.4 Å². The summed E-state index contributed by atoms with van der Waals surface area (Å²) in [6.07, 6.45) is 1.62. The fourth-order valence-corrected chi connectivity index (χ4v) is 3.00. The molecule has 0 spiro atoms. The number of nitrogens with zero attached hydrogens (tertiary/aromatic N) is 1. The minimum atomic E-state index is -4.40. The first-order valence-corrected chi connectivity index (χ1v) is 10.4. The van der Waals surface area contributed by atoms with Crippen molar-refractivity contribution in [3.63, 3.8) is 0 Å². The lowest BCUT2D eigenvalue weighted by Crippen LogP contribution is -2.29. The highest BCUT2D eigenvalue weighted by atomic mass is 19.4. The van der Waals surface area contributed by atoms with Gasteiger partial charge in [-0.25, -0.2) is 4.39 Å². The maximum absolute atomic E-state index is 13.0. The van der Waals surface area contributed by atoms with Gasteiger partial charge in [-0.15, -0.1) is 0 Å². The molecule has 2 aromatic rings. The Morgan fingerprint density at radius 2 is 1.61 bits per heavy atom. The number of alkyl halides is 3. The lowest BCUT2D eigenvalue weighted by atomic mass is 10.1. The molecule has 0 aliphatic heterocycles. The van der Waals surface area contributed by atoms with Gasteiger partial charge in [0.2, 0.25) is 11.8 Å². The molecule has 0 bridgehead atoms. The van der Waals surface area contributed by atoms with Gasteiger partial charge in [0.1, 0.15) is 5.82 Å². The predicted octanol–water partition coefficient (Wildman–Crippen LogP) is 5.40. The fourth-order valence-electron chi connectivity index (χ4n) is 3.00. The van der Waals surface area contributed by atoms with Gasteiger partial charge in [0, 0.05) is 32.1 Å². The smallest absolute Gasteiger partial charge is 0.352 e. The van der Waals surface area contributed by atoms with Crippen LogP contribution in [-0.2, 0) is 28.7 Å². The third kappa shape index (κ3) is 9.31. The molecule has 1 N–H and O–H groups in total. The summed E-state index contributed by atoms with van der Waals surface area (Å²) in [6, 6.07) is 10.6. The second-order valence-electron chi connectivity index (χ2n) is 7.37. The topological polar surface area (TPSA) is 49.4 Å². The highest BCUT2D eigenvalue weighted by Gasteiger charge is 2.29. The first-order valence-electron chi connectivity index (χ1n) is 10.4. The van der Waals surface area contributed by atoms with Gasteiger partial charge in [-0.1, -0.05) is 36.9 Å². The molecule has 0 unspecified atom stereocenters. The Morgan fingerprint density at radius 3 is 2.21 bits per heavy atom. The maximum atomic E-state index is 13.0. The second kappa shape index (κ2) is 12.6. The first-order chi connectivity index (χ1) is 15.7. The molecule has 0 heterocycles. The second-order valence-corrected chi connectivity index (χ2v) is 7.37. The number of halogens is 4. The fraction of sp³-hybridized carbons (Fsp3) is 0.280. The van der Waals surface area contributed by atoms with Gasteiger partial charge in [0.05, 0.1) is 5.56 Å². The molecule has 0 atom stereocenters. The number of benzene rings is 2. The van der Waals surface area contributed by atoms with Crippen molar-refractivity contribution in [1.82, 2.24) is 10.2 Å². The molecule has 0 radical (unpaired) electrons. The van der Waals surface area contributed by atoms with Crippen LogP contribution in [0.1, 0.15) is 36.0 Å². The summed E-state index contributed by atoms with van der Waals surface area (Å²) in [7, 11) is 0. The molecular formula is C25H26F4N2O2. The Bertz CT molecular complexity index is 952. The zero-order chi connectivity index (χ0) is 24.3. The van der Waals surface area contributed by atoms with Gasteiger partial charge in [0.15, 0.2) is 0 Å². The van der Waals surface area contributed by atoms with E-state index in [9.17, 15) is 27.2 Å². The third-order valence-corrected chi connectivity index (χ3v) is 4.84. The van der Waals surface area contributed by atoms with E-state index in [4.69, 9.17) is 0 Å². The van der Waals surface area contributed by atoms with E-state index in [2.05, 4.69) is 11.9 Å². The summed E-state index contributed by atoms with van der Waals surface area (Å²) in [6.45, 7) is 4.03. The van der Waals surface area contributed by atoms with Crippen LogP contribution < -0.4 is 5.32 Å². The van der Waals surface area contributed by atoms with Gasteiger partial charge in [-0.05, 0) is 54.3 Å². The highest BCUT2D eigenvalue weighted by Crippen LogP contribution is 2.29. The Kier molecular flexibility index (Phi) is 9.84. The Hall–Kier alpha value is -3.42. The van der Waals surface area contributed by atoms with E-state index in [0.717, 1.165) is 17.7 Å². The van der Waals surface area contributed by atoms with Gasteiger partial charge < -0.3 is 10.2 Å². The average Bonchev–Trinajstić information content (AvgIpc) is 2.79. The average molecular weight is 462 g/mol. The summed E-state index contributed by atoms with van der Waals surface area (Å²) >= 11 is 0. The summed E-state index contributed by atoms with van der Waals surface area (Å²) in [5, 5.41) is 2.67. The van der Waals surface area contributed by atoms with E-state index < -0.39 is 11.7 Å². The van der Waals surface area contributed by atoms with Gasteiger partial charge in [-0.3, -0.25) is 9.59 Å². The molecule has 0 saturated carbocycles. The van der Waals surface area contributed by atoms with Crippen LogP contribution in [0.2, 0.25) is 0 Å². The quantitative estimate of drug-likeness (QED) is 0.359. The van der Waals surface area contributed by atoms with Crippen LogP contribution in [0.3, 0.4) is 0 Å². The summed E-state index contributed by atoms with van der Waals surface area (Å²) in [5.41, 5.74) is 0.664. The van der Waals surface area contributed by atoms with Crippen molar-refractivity contribution in [1.29, 1.82) is 0 Å². The summed E-state index contributed by atoms with van der Waals surface area (Å²) < 4.78 is 50.8. The molecule has 8 heteroatoms. The van der Waals surface area contributed by atoms with Crippen molar-refractivity contribution >= 4 is 11.8 Å². The van der Waals surface area contributed by atoms with Crippen LogP contribution in [0, 0.1) is 5.82 Å². The van der Waals surface area contributed by atoms with E-state index in [-0.39, 0.29) is 37.0 Å². The van der Waals surface area contributed by atoms with Crippen LogP contribution in [0.5, 0.6) is 0 Å². The summed E-state index contributed by atoms with van der Waals surface area (Å²) in [5.74, 6) is -0.735. The Balaban J connectivity index is 1.78. The molecule has 0 aromatic heterocycles. The zero-order valence-electron chi connectivity index (χ0n) is 18.1. The van der Waals surface area contributed by atoms with E-state index in [1.165, 1.54) is 35.2 Å². The highest BCUT2D eigenvalue weighted by molar-refractivity contribution is 5.78.